The fraction of sp³-hybridized carbons (Fsp3) is 0.526. The topological polar surface area (TPSA) is 35.5 Å². The van der Waals surface area contributed by atoms with Crippen LogP contribution in [-0.2, 0) is 16.0 Å². The maximum atomic E-state index is 11.6. The van der Waals surface area contributed by atoms with E-state index >= 15 is 0 Å². The predicted molar refractivity (Wildman–Crippen MR) is 90.2 cm³/mol. The molecular formula is C19H28O3. The molecule has 0 amide bonds. The standard InChI is InChI=1S/C19H28O3/c1-3-5-7-8-16-22-19(20)14-11-17-9-12-18(13-10-17)21-15-6-4-2/h4,6,9-10,12-13H,3,5,7-8,11,14-16H2,1-2H3. The number of hydrogen-bond donors (Lipinski definition) is 0. The highest BCUT2D eigenvalue weighted by molar-refractivity contribution is 5.69. The van der Waals surface area contributed by atoms with Gasteiger partial charge in [-0.05, 0) is 37.5 Å². The number of carbonyl (C=O) groups excluding carboxylic acids is 1. The summed E-state index contributed by atoms with van der Waals surface area (Å²) >= 11 is 0. The van der Waals surface area contributed by atoms with Crippen LogP contribution in [0.25, 0.3) is 0 Å². The first kappa shape index (κ1) is 18.3. The Labute approximate surface area is 134 Å². The summed E-state index contributed by atoms with van der Waals surface area (Å²) in [6, 6.07) is 7.88. The number of benzene rings is 1. The van der Waals surface area contributed by atoms with Crippen molar-refractivity contribution in [2.75, 3.05) is 13.2 Å². The Balaban J connectivity index is 2.19. The molecule has 3 heteroatoms. The molecule has 0 heterocycles. The molecule has 1 aromatic rings. The maximum absolute atomic E-state index is 11.6. The Morgan fingerprint density at radius 1 is 1.14 bits per heavy atom. The van der Waals surface area contributed by atoms with Crippen molar-refractivity contribution in [1.29, 1.82) is 0 Å². The number of rotatable bonds is 11. The zero-order valence-electron chi connectivity index (χ0n) is 13.8. The molecule has 1 rings (SSSR count). The number of ether oxygens (including phenoxy) is 2. The third-order valence-electron chi connectivity index (χ3n) is 3.38. The van der Waals surface area contributed by atoms with Crippen LogP contribution in [0, 0.1) is 0 Å². The molecule has 0 saturated heterocycles. The Bertz CT molecular complexity index is 434. The van der Waals surface area contributed by atoms with Crippen LogP contribution in [0.2, 0.25) is 0 Å². The second-order valence-electron chi connectivity index (χ2n) is 5.31. The summed E-state index contributed by atoms with van der Waals surface area (Å²) < 4.78 is 10.8. The fourth-order valence-electron chi connectivity index (χ4n) is 2.03. The van der Waals surface area contributed by atoms with Gasteiger partial charge in [-0.25, -0.2) is 0 Å². The second-order valence-corrected chi connectivity index (χ2v) is 5.31. The Morgan fingerprint density at radius 3 is 2.59 bits per heavy atom. The lowest BCUT2D eigenvalue weighted by molar-refractivity contribution is -0.143. The van der Waals surface area contributed by atoms with Crippen LogP contribution in [0.3, 0.4) is 0 Å². The molecule has 122 valence electrons. The molecule has 0 fully saturated rings. The number of aryl methyl sites for hydroxylation is 1. The van der Waals surface area contributed by atoms with Crippen molar-refractivity contribution in [2.24, 2.45) is 0 Å². The van der Waals surface area contributed by atoms with Gasteiger partial charge in [0.25, 0.3) is 0 Å². The summed E-state index contributed by atoms with van der Waals surface area (Å²) in [6.45, 7) is 5.27. The fourth-order valence-corrected chi connectivity index (χ4v) is 2.03. The summed E-state index contributed by atoms with van der Waals surface area (Å²) in [5.41, 5.74) is 1.13. The van der Waals surface area contributed by atoms with Crippen LogP contribution in [0.15, 0.2) is 36.4 Å². The van der Waals surface area contributed by atoms with Gasteiger partial charge in [-0.3, -0.25) is 4.79 Å². The van der Waals surface area contributed by atoms with Crippen molar-refractivity contribution in [3.63, 3.8) is 0 Å². The van der Waals surface area contributed by atoms with E-state index in [2.05, 4.69) is 6.92 Å². The molecule has 0 radical (unpaired) electrons. The first-order valence-electron chi connectivity index (χ1n) is 8.24. The molecule has 0 N–H and O–H groups in total. The number of esters is 1. The van der Waals surface area contributed by atoms with Gasteiger partial charge in [-0.1, -0.05) is 50.5 Å². The molecule has 0 aromatic heterocycles. The summed E-state index contributed by atoms with van der Waals surface area (Å²) in [6.07, 6.45) is 9.58. The largest absolute Gasteiger partial charge is 0.490 e. The molecule has 0 bridgehead atoms. The van der Waals surface area contributed by atoms with Gasteiger partial charge in [-0.15, -0.1) is 0 Å². The van der Waals surface area contributed by atoms with Crippen molar-refractivity contribution in [2.45, 2.75) is 52.4 Å². The number of hydrogen-bond acceptors (Lipinski definition) is 3. The van der Waals surface area contributed by atoms with E-state index in [9.17, 15) is 4.79 Å². The van der Waals surface area contributed by atoms with Gasteiger partial charge < -0.3 is 9.47 Å². The van der Waals surface area contributed by atoms with Crippen molar-refractivity contribution < 1.29 is 14.3 Å². The van der Waals surface area contributed by atoms with E-state index in [0.717, 1.165) is 24.2 Å². The van der Waals surface area contributed by atoms with E-state index in [4.69, 9.17) is 9.47 Å². The van der Waals surface area contributed by atoms with E-state index in [1.165, 1.54) is 12.8 Å². The minimum Gasteiger partial charge on any atom is -0.490 e. The number of allylic oxidation sites excluding steroid dienone is 1. The number of carbonyl (C=O) groups is 1. The zero-order chi connectivity index (χ0) is 16.0. The second kappa shape index (κ2) is 11.8. The molecule has 0 unspecified atom stereocenters. The molecule has 0 saturated carbocycles. The van der Waals surface area contributed by atoms with Crippen molar-refractivity contribution in [1.82, 2.24) is 0 Å². The molecule has 0 aliphatic heterocycles. The molecule has 0 aliphatic carbocycles. The minimum atomic E-state index is -0.107. The minimum absolute atomic E-state index is 0.107. The highest BCUT2D eigenvalue weighted by Crippen LogP contribution is 2.13. The Morgan fingerprint density at radius 2 is 1.91 bits per heavy atom. The Kier molecular flexibility index (Phi) is 9.84. The highest BCUT2D eigenvalue weighted by Gasteiger charge is 2.04. The van der Waals surface area contributed by atoms with Crippen LogP contribution >= 0.6 is 0 Å². The van der Waals surface area contributed by atoms with Crippen LogP contribution in [0.5, 0.6) is 5.75 Å². The van der Waals surface area contributed by atoms with Crippen LogP contribution in [0.4, 0.5) is 0 Å². The first-order chi connectivity index (χ1) is 10.8. The van der Waals surface area contributed by atoms with Gasteiger partial charge in [0, 0.05) is 6.42 Å². The predicted octanol–water partition coefficient (Wildman–Crippen LogP) is 4.70. The average molecular weight is 304 g/mol. The van der Waals surface area contributed by atoms with Gasteiger partial charge in [-0.2, -0.15) is 0 Å². The van der Waals surface area contributed by atoms with Gasteiger partial charge in [0.2, 0.25) is 0 Å². The average Bonchev–Trinajstić information content (AvgIpc) is 2.54. The van der Waals surface area contributed by atoms with E-state index in [1.807, 2.05) is 43.3 Å². The molecule has 22 heavy (non-hydrogen) atoms. The van der Waals surface area contributed by atoms with Crippen LogP contribution < -0.4 is 4.74 Å². The maximum Gasteiger partial charge on any atom is 0.306 e. The SMILES string of the molecule is CC=CCOc1ccc(CCC(=O)OCCCCCC)cc1. The third-order valence-corrected chi connectivity index (χ3v) is 3.38. The number of unbranched alkanes of at least 4 members (excludes halogenated alkanes) is 3. The lowest BCUT2D eigenvalue weighted by Gasteiger charge is -2.06. The highest BCUT2D eigenvalue weighted by atomic mass is 16.5. The molecule has 0 spiro atoms. The van der Waals surface area contributed by atoms with Gasteiger partial charge in [0.05, 0.1) is 6.61 Å². The molecule has 0 atom stereocenters. The van der Waals surface area contributed by atoms with E-state index in [1.54, 1.807) is 0 Å². The lowest BCUT2D eigenvalue weighted by atomic mass is 10.1. The molecular weight excluding hydrogens is 276 g/mol. The van der Waals surface area contributed by atoms with Crippen molar-refractivity contribution in [3.8, 4) is 5.75 Å². The summed E-state index contributed by atoms with van der Waals surface area (Å²) in [4.78, 5) is 11.6. The zero-order valence-corrected chi connectivity index (χ0v) is 13.8. The first-order valence-corrected chi connectivity index (χ1v) is 8.24. The lowest BCUT2D eigenvalue weighted by Crippen LogP contribution is -2.07. The summed E-state index contributed by atoms with van der Waals surface area (Å²) in [5, 5.41) is 0. The van der Waals surface area contributed by atoms with Crippen LogP contribution in [-0.4, -0.2) is 19.2 Å². The van der Waals surface area contributed by atoms with Gasteiger partial charge in [0.1, 0.15) is 12.4 Å². The Hall–Kier alpha value is -1.77. The molecule has 1 aromatic carbocycles. The third kappa shape index (κ3) is 8.50. The normalized spacial score (nSPS) is 10.8. The van der Waals surface area contributed by atoms with Crippen molar-refractivity contribution >= 4 is 5.97 Å². The van der Waals surface area contributed by atoms with Crippen LogP contribution in [0.1, 0.15) is 51.5 Å². The van der Waals surface area contributed by atoms with Gasteiger partial charge >= 0.3 is 5.97 Å². The monoisotopic (exact) mass is 304 g/mol. The van der Waals surface area contributed by atoms with E-state index in [0.29, 0.717) is 26.1 Å². The summed E-state index contributed by atoms with van der Waals surface area (Å²) in [5.74, 6) is 0.741. The van der Waals surface area contributed by atoms with E-state index in [-0.39, 0.29) is 5.97 Å². The molecule has 0 aliphatic rings. The quantitative estimate of drug-likeness (QED) is 0.338. The van der Waals surface area contributed by atoms with Gasteiger partial charge in [0.15, 0.2) is 0 Å². The molecule has 3 nitrogen and oxygen atoms in total. The van der Waals surface area contributed by atoms with E-state index < -0.39 is 0 Å². The smallest absolute Gasteiger partial charge is 0.306 e. The summed E-state index contributed by atoms with van der Waals surface area (Å²) in [7, 11) is 0. The van der Waals surface area contributed by atoms with Crippen molar-refractivity contribution in [3.05, 3.63) is 42.0 Å².